The van der Waals surface area contributed by atoms with Gasteiger partial charge in [-0.25, -0.2) is 0 Å². The predicted octanol–water partition coefficient (Wildman–Crippen LogP) is -0.431. The van der Waals surface area contributed by atoms with Crippen molar-refractivity contribution in [2.45, 2.75) is 13.0 Å². The third-order valence-corrected chi connectivity index (χ3v) is 1.51. The molecule has 11 heteroatoms. The third kappa shape index (κ3) is 2.46. The van der Waals surface area contributed by atoms with Crippen LogP contribution in [0.25, 0.3) is 0 Å². The summed E-state index contributed by atoms with van der Waals surface area (Å²) < 4.78 is 0.576. The van der Waals surface area contributed by atoms with E-state index in [2.05, 4.69) is 10.1 Å². The summed E-state index contributed by atoms with van der Waals surface area (Å²) in [5.41, 5.74) is 0. The summed E-state index contributed by atoms with van der Waals surface area (Å²) in [6.07, 6.45) is -0.443. The van der Waals surface area contributed by atoms with Gasteiger partial charge in [0.05, 0.1) is 11.5 Å². The van der Waals surface area contributed by atoms with Crippen LogP contribution in [0.15, 0.2) is 0 Å². The Morgan fingerprint density at radius 1 is 1.38 bits per heavy atom. The minimum absolute atomic E-state index is 0.355. The number of hydrogen-bond acceptors (Lipinski definition) is 7. The van der Waals surface area contributed by atoms with E-state index in [1.165, 1.54) is 0 Å². The average molecular weight is 231 g/mol. The van der Waals surface area contributed by atoms with Gasteiger partial charge in [0, 0.05) is 4.98 Å². The molecular weight excluding hydrogens is 226 g/mol. The Bertz CT molecular complexity index is 452. The number of carboxylic acid groups (broad SMARTS) is 1. The van der Waals surface area contributed by atoms with E-state index in [1.54, 1.807) is 0 Å². The molecule has 86 valence electrons. The first-order valence-corrected chi connectivity index (χ1v) is 3.87. The summed E-state index contributed by atoms with van der Waals surface area (Å²) in [6, 6.07) is 0. The van der Waals surface area contributed by atoms with E-state index in [1.807, 2.05) is 0 Å². The molecule has 11 nitrogen and oxygen atoms in total. The molecule has 0 unspecified atom stereocenters. The molecule has 0 aliphatic rings. The molecule has 1 heterocycles. The van der Waals surface area contributed by atoms with E-state index in [0.717, 1.165) is 0 Å². The Hall–Kier alpha value is -2.59. The number of rotatable bonds is 5. The number of nitrogens with zero attached hydrogens (tertiary/aromatic N) is 5. The van der Waals surface area contributed by atoms with Crippen LogP contribution in [0.5, 0.6) is 0 Å². The minimum Gasteiger partial charge on any atom is -0.481 e. The maximum atomic E-state index is 10.4. The molecule has 0 atom stereocenters. The van der Waals surface area contributed by atoms with E-state index in [9.17, 15) is 25.0 Å². The second-order valence-electron chi connectivity index (χ2n) is 2.59. The van der Waals surface area contributed by atoms with Gasteiger partial charge in [0.1, 0.15) is 6.54 Å². The lowest BCUT2D eigenvalue weighted by atomic mass is 10.4. The Labute approximate surface area is 86.6 Å². The van der Waals surface area contributed by atoms with Crippen LogP contribution < -0.4 is 0 Å². The van der Waals surface area contributed by atoms with Gasteiger partial charge in [-0.15, -0.1) is 0 Å². The molecule has 0 radical (unpaired) electrons. The topological polar surface area (TPSA) is 154 Å². The number of nitro groups is 2. The van der Waals surface area contributed by atoms with Crippen molar-refractivity contribution in [1.82, 2.24) is 14.8 Å². The molecular formula is C5H5N5O6. The van der Waals surface area contributed by atoms with Crippen LogP contribution in [-0.2, 0) is 11.3 Å². The fourth-order valence-corrected chi connectivity index (χ4v) is 0.886. The molecule has 0 spiro atoms. The number of aromatic nitrogens is 3. The largest absolute Gasteiger partial charge is 0.508 e. The Kier molecular flexibility index (Phi) is 3.08. The first-order chi connectivity index (χ1) is 7.41. The van der Waals surface area contributed by atoms with Crippen molar-refractivity contribution in [2.24, 2.45) is 0 Å². The molecule has 1 aromatic heterocycles. The third-order valence-electron chi connectivity index (χ3n) is 1.51. The fourth-order valence-electron chi connectivity index (χ4n) is 0.886. The highest BCUT2D eigenvalue weighted by Gasteiger charge is 2.28. The standard InChI is InChI=1S/C5H5N5O6/c11-3(12)1-2-8-5(10(15)16)6-4(7-8)9(13)14/h1-2H2,(H,11,12). The van der Waals surface area contributed by atoms with Crippen LogP contribution in [0.4, 0.5) is 11.9 Å². The van der Waals surface area contributed by atoms with Gasteiger partial charge in [-0.2, -0.15) is 0 Å². The second-order valence-corrected chi connectivity index (χ2v) is 2.59. The van der Waals surface area contributed by atoms with Gasteiger partial charge < -0.3 is 25.3 Å². The van der Waals surface area contributed by atoms with Gasteiger partial charge in [-0.05, 0) is 9.85 Å². The smallest absolute Gasteiger partial charge is 0.481 e. The number of aliphatic carboxylic acids is 1. The predicted molar refractivity (Wildman–Crippen MR) is 45.6 cm³/mol. The van der Waals surface area contributed by atoms with E-state index in [0.29, 0.717) is 4.68 Å². The van der Waals surface area contributed by atoms with Crippen molar-refractivity contribution < 1.29 is 19.7 Å². The van der Waals surface area contributed by atoms with Gasteiger partial charge in [-0.3, -0.25) is 4.79 Å². The van der Waals surface area contributed by atoms with Crippen LogP contribution in [0.1, 0.15) is 6.42 Å². The molecule has 16 heavy (non-hydrogen) atoms. The number of hydrogen-bond donors (Lipinski definition) is 1. The molecule has 0 aliphatic carbocycles. The quantitative estimate of drug-likeness (QED) is 0.528. The Balaban J connectivity index is 3.00. The van der Waals surface area contributed by atoms with E-state index < -0.39 is 34.1 Å². The van der Waals surface area contributed by atoms with Crippen molar-refractivity contribution in [3.63, 3.8) is 0 Å². The summed E-state index contributed by atoms with van der Waals surface area (Å²) in [5.74, 6) is -2.99. The maximum absolute atomic E-state index is 10.4. The summed E-state index contributed by atoms with van der Waals surface area (Å²) in [6.45, 7) is -0.355. The zero-order valence-corrected chi connectivity index (χ0v) is 7.64. The highest BCUT2D eigenvalue weighted by molar-refractivity contribution is 5.66. The summed E-state index contributed by atoms with van der Waals surface area (Å²) in [7, 11) is 0. The molecule has 1 N–H and O–H groups in total. The first kappa shape index (κ1) is 11.5. The minimum atomic E-state index is -1.20. The molecule has 0 saturated heterocycles. The Morgan fingerprint density at radius 2 is 2.00 bits per heavy atom. The van der Waals surface area contributed by atoms with Gasteiger partial charge in [-0.1, -0.05) is 4.68 Å². The van der Waals surface area contributed by atoms with Crippen molar-refractivity contribution >= 4 is 17.9 Å². The highest BCUT2D eigenvalue weighted by Crippen LogP contribution is 2.13. The number of carboxylic acids is 1. The van der Waals surface area contributed by atoms with Crippen LogP contribution in [0.2, 0.25) is 0 Å². The molecule has 0 amide bonds. The highest BCUT2D eigenvalue weighted by atomic mass is 16.6. The van der Waals surface area contributed by atoms with Crippen molar-refractivity contribution in [2.75, 3.05) is 0 Å². The summed E-state index contributed by atoms with van der Waals surface area (Å²) in [4.78, 5) is 32.0. The van der Waals surface area contributed by atoms with Crippen molar-refractivity contribution in [3.05, 3.63) is 20.2 Å². The normalized spacial score (nSPS) is 10.0. The van der Waals surface area contributed by atoms with Gasteiger partial charge >= 0.3 is 17.9 Å². The molecule has 0 saturated carbocycles. The van der Waals surface area contributed by atoms with E-state index >= 15 is 0 Å². The van der Waals surface area contributed by atoms with Gasteiger partial charge in [0.15, 0.2) is 0 Å². The lowest BCUT2D eigenvalue weighted by Crippen LogP contribution is -2.09. The zero-order chi connectivity index (χ0) is 12.3. The first-order valence-electron chi connectivity index (χ1n) is 3.87. The van der Waals surface area contributed by atoms with Crippen molar-refractivity contribution in [3.8, 4) is 0 Å². The molecule has 0 fully saturated rings. The number of aryl methyl sites for hydroxylation is 1. The maximum Gasteiger partial charge on any atom is 0.508 e. The summed E-state index contributed by atoms with van der Waals surface area (Å²) >= 11 is 0. The summed E-state index contributed by atoms with van der Waals surface area (Å²) in [5, 5.41) is 32.2. The zero-order valence-electron chi connectivity index (χ0n) is 7.64. The molecule has 0 aliphatic heterocycles. The SMILES string of the molecule is O=C(O)CCn1nc([N+](=O)[O-])nc1[N+](=O)[O-]. The number of carbonyl (C=O) groups is 1. The van der Waals surface area contributed by atoms with E-state index in [-0.39, 0.29) is 6.54 Å². The molecule has 0 bridgehead atoms. The second kappa shape index (κ2) is 4.29. The lowest BCUT2D eigenvalue weighted by Gasteiger charge is -1.93. The average Bonchev–Trinajstić information content (AvgIpc) is 2.58. The van der Waals surface area contributed by atoms with Gasteiger partial charge in [0.2, 0.25) is 0 Å². The Morgan fingerprint density at radius 3 is 2.44 bits per heavy atom. The fraction of sp³-hybridized carbons (Fsp3) is 0.400. The molecule has 0 aromatic carbocycles. The molecule has 1 aromatic rings. The van der Waals surface area contributed by atoms with Crippen molar-refractivity contribution in [1.29, 1.82) is 0 Å². The monoisotopic (exact) mass is 231 g/mol. The van der Waals surface area contributed by atoms with Gasteiger partial charge in [0.25, 0.3) is 0 Å². The lowest BCUT2D eigenvalue weighted by molar-refractivity contribution is -0.404. The van der Waals surface area contributed by atoms with Crippen LogP contribution >= 0.6 is 0 Å². The van der Waals surface area contributed by atoms with Crippen LogP contribution in [-0.4, -0.2) is 35.7 Å². The van der Waals surface area contributed by atoms with Crippen LogP contribution in [0.3, 0.4) is 0 Å². The van der Waals surface area contributed by atoms with Crippen LogP contribution in [0, 0.1) is 20.2 Å². The van der Waals surface area contributed by atoms with E-state index in [4.69, 9.17) is 5.11 Å². The molecule has 1 rings (SSSR count).